The van der Waals surface area contributed by atoms with Crippen molar-refractivity contribution in [3.63, 3.8) is 0 Å². The van der Waals surface area contributed by atoms with E-state index in [0.717, 1.165) is 32.5 Å². The molecule has 2 fully saturated rings. The summed E-state index contributed by atoms with van der Waals surface area (Å²) in [4.78, 5) is 15.6. The number of hydrogen-bond acceptors (Lipinski definition) is 4. The smallest absolute Gasteiger partial charge is 0.410 e. The molecule has 0 bridgehead atoms. The lowest BCUT2D eigenvalue weighted by atomic mass is 10.0. The third-order valence-corrected chi connectivity index (χ3v) is 3.59. The SMILES string of the molecule is CC(S)N1CCC(N2CCOC2=O)CC1. The fourth-order valence-corrected chi connectivity index (χ4v) is 2.54. The minimum Gasteiger partial charge on any atom is -0.448 e. The number of likely N-dealkylation sites (tertiary alicyclic amines) is 1. The molecule has 0 aromatic carbocycles. The zero-order chi connectivity index (χ0) is 10.8. The van der Waals surface area contributed by atoms with Crippen molar-refractivity contribution in [1.82, 2.24) is 9.80 Å². The summed E-state index contributed by atoms with van der Waals surface area (Å²) in [5.41, 5.74) is 0. The van der Waals surface area contributed by atoms with Crippen LogP contribution in [0.2, 0.25) is 0 Å². The maximum Gasteiger partial charge on any atom is 0.410 e. The van der Waals surface area contributed by atoms with E-state index in [4.69, 9.17) is 4.74 Å². The minimum absolute atomic E-state index is 0.132. The molecule has 0 radical (unpaired) electrons. The van der Waals surface area contributed by atoms with Gasteiger partial charge in [-0.15, -0.1) is 0 Å². The predicted molar refractivity (Wildman–Crippen MR) is 61.1 cm³/mol. The Morgan fingerprint density at radius 1 is 1.40 bits per heavy atom. The van der Waals surface area contributed by atoms with Crippen LogP contribution in [0.25, 0.3) is 0 Å². The molecule has 2 aliphatic rings. The van der Waals surface area contributed by atoms with Gasteiger partial charge >= 0.3 is 6.09 Å². The number of carbonyl (C=O) groups is 1. The zero-order valence-corrected chi connectivity index (χ0v) is 9.95. The molecule has 2 heterocycles. The first kappa shape index (κ1) is 11.1. The van der Waals surface area contributed by atoms with Gasteiger partial charge in [-0.3, -0.25) is 4.90 Å². The maximum absolute atomic E-state index is 11.4. The molecule has 1 atom stereocenters. The van der Waals surface area contributed by atoms with Gasteiger partial charge in [-0.2, -0.15) is 12.6 Å². The lowest BCUT2D eigenvalue weighted by molar-refractivity contribution is 0.116. The van der Waals surface area contributed by atoms with Gasteiger partial charge in [0.2, 0.25) is 0 Å². The van der Waals surface area contributed by atoms with E-state index in [1.54, 1.807) is 0 Å². The average Bonchev–Trinajstić information content (AvgIpc) is 2.65. The van der Waals surface area contributed by atoms with Crippen LogP contribution in [-0.4, -0.2) is 53.5 Å². The summed E-state index contributed by atoms with van der Waals surface area (Å²) in [7, 11) is 0. The molecule has 1 amide bonds. The van der Waals surface area contributed by atoms with Crippen LogP contribution in [0.1, 0.15) is 19.8 Å². The van der Waals surface area contributed by atoms with E-state index in [0.29, 0.717) is 18.0 Å². The number of cyclic esters (lactones) is 1. The third kappa shape index (κ3) is 2.39. The van der Waals surface area contributed by atoms with Crippen molar-refractivity contribution in [2.45, 2.75) is 31.2 Å². The van der Waals surface area contributed by atoms with Crippen LogP contribution in [0.3, 0.4) is 0 Å². The van der Waals surface area contributed by atoms with Crippen LogP contribution in [0.5, 0.6) is 0 Å². The highest BCUT2D eigenvalue weighted by molar-refractivity contribution is 7.80. The summed E-state index contributed by atoms with van der Waals surface area (Å²) >= 11 is 4.42. The Kier molecular flexibility index (Phi) is 3.41. The van der Waals surface area contributed by atoms with Crippen LogP contribution in [0.15, 0.2) is 0 Å². The number of piperidine rings is 1. The Hall–Kier alpha value is -0.420. The van der Waals surface area contributed by atoms with Gasteiger partial charge in [0, 0.05) is 24.5 Å². The Bertz CT molecular complexity index is 240. The fourth-order valence-electron chi connectivity index (χ4n) is 2.31. The molecule has 5 heteroatoms. The normalized spacial score (nSPS) is 26.8. The highest BCUT2D eigenvalue weighted by Crippen LogP contribution is 2.21. The largest absolute Gasteiger partial charge is 0.448 e. The van der Waals surface area contributed by atoms with Gasteiger partial charge in [0.1, 0.15) is 6.61 Å². The number of carbonyl (C=O) groups excluding carboxylic acids is 1. The molecule has 0 N–H and O–H groups in total. The highest BCUT2D eigenvalue weighted by Gasteiger charge is 2.32. The van der Waals surface area contributed by atoms with Gasteiger partial charge in [-0.1, -0.05) is 0 Å². The molecular weight excluding hydrogens is 212 g/mol. The molecule has 86 valence electrons. The molecule has 0 spiro atoms. The van der Waals surface area contributed by atoms with E-state index in [1.807, 2.05) is 4.90 Å². The Labute approximate surface area is 96.0 Å². The van der Waals surface area contributed by atoms with Gasteiger partial charge in [0.25, 0.3) is 0 Å². The number of nitrogens with zero attached hydrogens (tertiary/aromatic N) is 2. The van der Waals surface area contributed by atoms with E-state index in [9.17, 15) is 4.79 Å². The summed E-state index contributed by atoms with van der Waals surface area (Å²) in [6.45, 7) is 5.47. The quantitative estimate of drug-likeness (QED) is 0.723. The van der Waals surface area contributed by atoms with Crippen molar-refractivity contribution >= 4 is 18.7 Å². The van der Waals surface area contributed by atoms with Gasteiger partial charge in [-0.05, 0) is 19.8 Å². The Morgan fingerprint density at radius 2 is 2.07 bits per heavy atom. The van der Waals surface area contributed by atoms with Gasteiger partial charge < -0.3 is 9.64 Å². The van der Waals surface area contributed by atoms with E-state index >= 15 is 0 Å². The molecule has 15 heavy (non-hydrogen) atoms. The van der Waals surface area contributed by atoms with Crippen molar-refractivity contribution in [1.29, 1.82) is 0 Å². The second-order valence-electron chi connectivity index (χ2n) is 4.21. The Morgan fingerprint density at radius 3 is 2.53 bits per heavy atom. The topological polar surface area (TPSA) is 32.8 Å². The minimum atomic E-state index is -0.132. The molecule has 4 nitrogen and oxygen atoms in total. The first-order valence-electron chi connectivity index (χ1n) is 5.54. The molecule has 0 aromatic rings. The first-order valence-corrected chi connectivity index (χ1v) is 6.05. The molecule has 0 aliphatic carbocycles. The van der Waals surface area contributed by atoms with E-state index in [-0.39, 0.29) is 6.09 Å². The molecule has 1 unspecified atom stereocenters. The van der Waals surface area contributed by atoms with E-state index in [2.05, 4.69) is 24.5 Å². The van der Waals surface area contributed by atoms with Crippen LogP contribution in [0.4, 0.5) is 4.79 Å². The second kappa shape index (κ2) is 4.61. The fraction of sp³-hybridized carbons (Fsp3) is 0.900. The lowest BCUT2D eigenvalue weighted by Crippen LogP contribution is -2.46. The third-order valence-electron chi connectivity index (χ3n) is 3.26. The van der Waals surface area contributed by atoms with Gasteiger partial charge in [-0.25, -0.2) is 4.79 Å². The predicted octanol–water partition coefficient (Wildman–Crippen LogP) is 1.18. The van der Waals surface area contributed by atoms with Crippen molar-refractivity contribution in [3.05, 3.63) is 0 Å². The van der Waals surface area contributed by atoms with Gasteiger partial charge in [0.05, 0.1) is 6.54 Å². The standard InChI is InChI=1S/C10H18N2O2S/c1-8(15)11-4-2-9(3-5-11)12-6-7-14-10(12)13/h8-9,15H,2-7H2,1H3. The molecule has 0 saturated carbocycles. The summed E-state index contributed by atoms with van der Waals surface area (Å²) in [5.74, 6) is 0. The average molecular weight is 230 g/mol. The van der Waals surface area contributed by atoms with Crippen LogP contribution in [0, 0.1) is 0 Å². The molecule has 2 aliphatic heterocycles. The summed E-state index contributed by atoms with van der Waals surface area (Å²) in [6.07, 6.45) is 1.95. The number of thiol groups is 1. The van der Waals surface area contributed by atoms with E-state index < -0.39 is 0 Å². The second-order valence-corrected chi connectivity index (χ2v) is 4.95. The number of hydrogen-bond donors (Lipinski definition) is 1. The molecular formula is C10H18N2O2S. The summed E-state index contributed by atoms with van der Waals surface area (Å²) in [6, 6.07) is 0.378. The Balaban J connectivity index is 1.85. The van der Waals surface area contributed by atoms with Crippen LogP contribution in [-0.2, 0) is 4.74 Å². The summed E-state index contributed by atoms with van der Waals surface area (Å²) in [5, 5.41) is 0.316. The highest BCUT2D eigenvalue weighted by atomic mass is 32.1. The van der Waals surface area contributed by atoms with Crippen molar-refractivity contribution in [3.8, 4) is 0 Å². The van der Waals surface area contributed by atoms with Crippen molar-refractivity contribution in [2.75, 3.05) is 26.2 Å². The first-order chi connectivity index (χ1) is 7.18. The van der Waals surface area contributed by atoms with Crippen LogP contribution >= 0.6 is 12.6 Å². The van der Waals surface area contributed by atoms with Crippen LogP contribution < -0.4 is 0 Å². The number of rotatable bonds is 2. The monoisotopic (exact) mass is 230 g/mol. The molecule has 0 aromatic heterocycles. The maximum atomic E-state index is 11.4. The van der Waals surface area contributed by atoms with Crippen molar-refractivity contribution in [2.24, 2.45) is 0 Å². The van der Waals surface area contributed by atoms with Crippen molar-refractivity contribution < 1.29 is 9.53 Å². The van der Waals surface area contributed by atoms with E-state index in [1.165, 1.54) is 0 Å². The molecule has 2 saturated heterocycles. The zero-order valence-electron chi connectivity index (χ0n) is 9.06. The van der Waals surface area contributed by atoms with Gasteiger partial charge in [0.15, 0.2) is 0 Å². The lowest BCUT2D eigenvalue weighted by Gasteiger charge is -2.37. The summed E-state index contributed by atoms with van der Waals surface area (Å²) < 4.78 is 4.95. The number of amides is 1. The number of ether oxygens (including phenoxy) is 1. The molecule has 2 rings (SSSR count).